The SMILES string of the molecule is CCCSC(=Nc1ncn(CC(C)=O)c1C(=O)Nc1ccc(C)cc1)Nc1ccccc1. The first-order valence-corrected chi connectivity index (χ1v) is 11.4. The molecule has 0 atom stereocenters. The fourth-order valence-corrected chi connectivity index (χ4v) is 3.65. The van der Waals surface area contributed by atoms with Crippen molar-refractivity contribution in [2.75, 3.05) is 16.4 Å². The van der Waals surface area contributed by atoms with E-state index < -0.39 is 0 Å². The zero-order valence-electron chi connectivity index (χ0n) is 18.5. The topological polar surface area (TPSA) is 88.4 Å². The number of ketones is 1. The molecule has 0 aliphatic rings. The van der Waals surface area contributed by atoms with E-state index in [0.29, 0.717) is 10.9 Å². The minimum absolute atomic E-state index is 0.0444. The quantitative estimate of drug-likeness (QED) is 0.361. The van der Waals surface area contributed by atoms with Crippen LogP contribution in [0.1, 0.15) is 36.3 Å². The molecule has 0 aliphatic carbocycles. The highest BCUT2D eigenvalue weighted by Crippen LogP contribution is 2.23. The van der Waals surface area contributed by atoms with Crippen LogP contribution in [-0.2, 0) is 11.3 Å². The predicted molar refractivity (Wildman–Crippen MR) is 132 cm³/mol. The number of imidazole rings is 1. The number of thioether (sulfide) groups is 1. The van der Waals surface area contributed by atoms with Gasteiger partial charge in [-0.15, -0.1) is 0 Å². The Morgan fingerprint density at radius 3 is 2.38 bits per heavy atom. The van der Waals surface area contributed by atoms with Crippen molar-refractivity contribution in [3.05, 3.63) is 72.2 Å². The number of benzene rings is 2. The highest BCUT2D eigenvalue weighted by atomic mass is 32.2. The zero-order valence-corrected chi connectivity index (χ0v) is 19.3. The van der Waals surface area contributed by atoms with Crippen molar-refractivity contribution in [1.29, 1.82) is 0 Å². The normalized spacial score (nSPS) is 11.3. The van der Waals surface area contributed by atoms with Crippen LogP contribution in [0.4, 0.5) is 17.2 Å². The fraction of sp³-hybridized carbons (Fsp3) is 0.250. The molecule has 0 saturated carbocycles. The van der Waals surface area contributed by atoms with Crippen LogP contribution in [0.2, 0.25) is 0 Å². The molecule has 1 amide bonds. The second-order valence-corrected chi connectivity index (χ2v) is 8.41. The van der Waals surface area contributed by atoms with Gasteiger partial charge in [-0.3, -0.25) is 9.59 Å². The second-order valence-electron chi connectivity index (χ2n) is 7.32. The van der Waals surface area contributed by atoms with Gasteiger partial charge >= 0.3 is 0 Å². The van der Waals surface area contributed by atoms with Crippen LogP contribution >= 0.6 is 11.8 Å². The van der Waals surface area contributed by atoms with E-state index in [1.165, 1.54) is 17.8 Å². The summed E-state index contributed by atoms with van der Waals surface area (Å²) in [5.74, 6) is 0.673. The summed E-state index contributed by atoms with van der Waals surface area (Å²) < 4.78 is 1.54. The van der Waals surface area contributed by atoms with E-state index in [1.807, 2.05) is 61.5 Å². The molecule has 2 aromatic carbocycles. The van der Waals surface area contributed by atoms with E-state index >= 15 is 0 Å². The molecule has 1 heterocycles. The standard InChI is InChI=1S/C24H27N5O2S/c1-4-14-32-24(27-19-8-6-5-7-9-19)28-22-21(29(16-25-22)15-18(3)30)23(31)26-20-12-10-17(2)11-13-20/h5-13,16H,4,14-15H2,1-3H3,(H,26,31)(H,27,28). The van der Waals surface area contributed by atoms with Gasteiger partial charge in [0.05, 0.1) is 12.9 Å². The van der Waals surface area contributed by atoms with Gasteiger partial charge in [-0.2, -0.15) is 0 Å². The molecule has 0 unspecified atom stereocenters. The monoisotopic (exact) mass is 449 g/mol. The van der Waals surface area contributed by atoms with Gasteiger partial charge in [0, 0.05) is 17.1 Å². The number of carbonyl (C=O) groups excluding carboxylic acids is 2. The first kappa shape index (κ1) is 23.3. The Balaban J connectivity index is 1.95. The molecule has 0 fully saturated rings. The lowest BCUT2D eigenvalue weighted by Crippen LogP contribution is -2.19. The summed E-state index contributed by atoms with van der Waals surface area (Å²) in [6.07, 6.45) is 2.45. The summed E-state index contributed by atoms with van der Waals surface area (Å²) in [7, 11) is 0. The minimum Gasteiger partial charge on any atom is -0.335 e. The summed E-state index contributed by atoms with van der Waals surface area (Å²) >= 11 is 1.55. The number of nitrogens with zero attached hydrogens (tertiary/aromatic N) is 3. The lowest BCUT2D eigenvalue weighted by molar-refractivity contribution is -0.117. The first-order valence-electron chi connectivity index (χ1n) is 10.4. The molecule has 2 N–H and O–H groups in total. The Kier molecular flexibility index (Phi) is 8.21. The third-order valence-electron chi connectivity index (χ3n) is 4.41. The lowest BCUT2D eigenvalue weighted by atomic mass is 10.2. The number of para-hydroxylation sites is 1. The molecule has 1 aromatic heterocycles. The van der Waals surface area contributed by atoms with Gasteiger partial charge in [0.2, 0.25) is 0 Å². The number of amidine groups is 1. The molecule has 8 heteroatoms. The van der Waals surface area contributed by atoms with Crippen LogP contribution in [0.15, 0.2) is 65.9 Å². The van der Waals surface area contributed by atoms with Gasteiger partial charge in [-0.25, -0.2) is 9.98 Å². The van der Waals surface area contributed by atoms with Crippen molar-refractivity contribution in [1.82, 2.24) is 9.55 Å². The molecular formula is C24H27N5O2S. The molecule has 0 saturated heterocycles. The molecule has 3 rings (SSSR count). The summed E-state index contributed by atoms with van der Waals surface area (Å²) in [6.45, 7) is 5.59. The van der Waals surface area contributed by atoms with Crippen molar-refractivity contribution in [2.45, 2.75) is 33.7 Å². The van der Waals surface area contributed by atoms with Crippen LogP contribution in [0.25, 0.3) is 0 Å². The molecule has 32 heavy (non-hydrogen) atoms. The Bertz CT molecular complexity index is 1090. The van der Waals surface area contributed by atoms with Crippen LogP contribution < -0.4 is 10.6 Å². The minimum atomic E-state index is -0.370. The van der Waals surface area contributed by atoms with Gasteiger partial charge in [-0.05, 0) is 44.5 Å². The van der Waals surface area contributed by atoms with Crippen LogP contribution in [0, 0.1) is 6.92 Å². The highest BCUT2D eigenvalue weighted by Gasteiger charge is 2.20. The van der Waals surface area contributed by atoms with Crippen molar-refractivity contribution in [3.8, 4) is 0 Å². The van der Waals surface area contributed by atoms with E-state index in [0.717, 1.165) is 23.4 Å². The average Bonchev–Trinajstić information content (AvgIpc) is 3.15. The number of aromatic nitrogens is 2. The number of aliphatic imine (C=N–C) groups is 1. The van der Waals surface area contributed by atoms with E-state index in [1.54, 1.807) is 11.8 Å². The molecule has 0 aliphatic heterocycles. The van der Waals surface area contributed by atoms with Gasteiger partial charge < -0.3 is 15.2 Å². The number of nitrogens with one attached hydrogen (secondary N) is 2. The van der Waals surface area contributed by atoms with Crippen LogP contribution in [0.5, 0.6) is 0 Å². The number of amides is 1. The number of Topliss-reactive ketones (excluding diaryl/α,β-unsaturated/α-hetero) is 1. The number of rotatable bonds is 8. The second kappa shape index (κ2) is 11.3. The van der Waals surface area contributed by atoms with Gasteiger partial charge in [-0.1, -0.05) is 54.6 Å². The Morgan fingerprint density at radius 2 is 1.72 bits per heavy atom. The summed E-state index contributed by atoms with van der Waals surface area (Å²) in [4.78, 5) is 33.9. The maximum absolute atomic E-state index is 13.2. The molecule has 0 spiro atoms. The van der Waals surface area contributed by atoms with Crippen molar-refractivity contribution in [2.24, 2.45) is 4.99 Å². The van der Waals surface area contributed by atoms with Crippen LogP contribution in [-0.4, -0.2) is 32.2 Å². The van der Waals surface area contributed by atoms with Gasteiger partial charge in [0.1, 0.15) is 5.78 Å². The van der Waals surface area contributed by atoms with Gasteiger partial charge in [0.25, 0.3) is 5.91 Å². The number of anilines is 2. The molecule has 166 valence electrons. The molecular weight excluding hydrogens is 422 g/mol. The number of hydrogen-bond acceptors (Lipinski definition) is 5. The van der Waals surface area contributed by atoms with Gasteiger partial charge in [0.15, 0.2) is 16.7 Å². The molecule has 0 radical (unpaired) electrons. The van der Waals surface area contributed by atoms with Crippen molar-refractivity contribution < 1.29 is 9.59 Å². The van der Waals surface area contributed by atoms with E-state index in [-0.39, 0.29) is 29.7 Å². The summed E-state index contributed by atoms with van der Waals surface area (Å²) in [6, 6.07) is 17.2. The predicted octanol–water partition coefficient (Wildman–Crippen LogP) is 5.28. The van der Waals surface area contributed by atoms with E-state index in [9.17, 15) is 9.59 Å². The smallest absolute Gasteiger partial charge is 0.276 e. The summed E-state index contributed by atoms with van der Waals surface area (Å²) in [5, 5.41) is 6.82. The number of hydrogen-bond donors (Lipinski definition) is 2. The average molecular weight is 450 g/mol. The highest BCUT2D eigenvalue weighted by molar-refractivity contribution is 8.14. The Morgan fingerprint density at radius 1 is 1.03 bits per heavy atom. The maximum atomic E-state index is 13.2. The molecule has 7 nitrogen and oxygen atoms in total. The largest absolute Gasteiger partial charge is 0.335 e. The van der Waals surface area contributed by atoms with E-state index in [2.05, 4.69) is 27.5 Å². The maximum Gasteiger partial charge on any atom is 0.276 e. The first-order chi connectivity index (χ1) is 15.5. The Hall–Kier alpha value is -3.39. The van der Waals surface area contributed by atoms with Crippen LogP contribution in [0.3, 0.4) is 0 Å². The fourth-order valence-electron chi connectivity index (χ4n) is 2.91. The van der Waals surface area contributed by atoms with E-state index in [4.69, 9.17) is 0 Å². The number of aryl methyl sites for hydroxylation is 1. The lowest BCUT2D eigenvalue weighted by Gasteiger charge is -2.11. The van der Waals surface area contributed by atoms with Crippen molar-refractivity contribution >= 4 is 45.8 Å². The molecule has 0 bridgehead atoms. The Labute approximate surface area is 192 Å². The third-order valence-corrected chi connectivity index (χ3v) is 5.49. The summed E-state index contributed by atoms with van der Waals surface area (Å²) in [5.41, 5.74) is 2.89. The van der Waals surface area contributed by atoms with Crippen molar-refractivity contribution in [3.63, 3.8) is 0 Å². The third kappa shape index (κ3) is 6.55. The number of carbonyl (C=O) groups is 2. The molecule has 3 aromatic rings. The zero-order chi connectivity index (χ0) is 22.9.